The Kier molecular flexibility index (Phi) is 8.12. The third kappa shape index (κ3) is 5.06. The van der Waals surface area contributed by atoms with Crippen molar-refractivity contribution in [2.45, 2.75) is 95.3 Å². The third-order valence-corrected chi connectivity index (χ3v) is 13.7. The van der Waals surface area contributed by atoms with Crippen LogP contribution < -0.4 is 10.0 Å². The molecule has 2 saturated carbocycles. The number of ether oxygens (including phenoxy) is 1. The van der Waals surface area contributed by atoms with E-state index in [0.717, 1.165) is 55.1 Å². The number of unbranched alkanes of at least 4 members (excludes halogenated alkanes) is 1. The molecule has 39 heavy (non-hydrogen) atoms. The van der Waals surface area contributed by atoms with E-state index < -0.39 is 7.14 Å². The first-order valence-electron chi connectivity index (χ1n) is 15.5. The minimum absolute atomic E-state index is 0.300. The topological polar surface area (TPSA) is 26.3 Å². The van der Waals surface area contributed by atoms with Gasteiger partial charge in [-0.15, -0.1) is 0 Å². The maximum absolute atomic E-state index is 16.0. The highest BCUT2D eigenvalue weighted by Crippen LogP contribution is 2.63. The van der Waals surface area contributed by atoms with Crippen molar-refractivity contribution in [3.63, 3.8) is 0 Å². The van der Waals surface area contributed by atoms with Gasteiger partial charge in [-0.1, -0.05) is 119 Å². The molecule has 4 aromatic rings. The van der Waals surface area contributed by atoms with Crippen molar-refractivity contribution in [2.24, 2.45) is 0 Å². The molecule has 0 unspecified atom stereocenters. The molecule has 0 N–H and O–H groups in total. The maximum atomic E-state index is 16.0. The van der Waals surface area contributed by atoms with Gasteiger partial charge in [-0.3, -0.25) is 0 Å². The molecule has 6 rings (SSSR count). The Morgan fingerprint density at radius 2 is 1.21 bits per heavy atom. The molecule has 0 aromatic heterocycles. The van der Waals surface area contributed by atoms with Crippen molar-refractivity contribution < 1.29 is 9.30 Å². The van der Waals surface area contributed by atoms with Crippen LogP contribution in [0.15, 0.2) is 72.8 Å². The summed E-state index contributed by atoms with van der Waals surface area (Å²) in [6, 6.07) is 26.3. The minimum Gasteiger partial charge on any atom is -0.493 e. The average Bonchev–Trinajstić information content (AvgIpc) is 3.01. The Morgan fingerprint density at radius 3 is 1.79 bits per heavy atom. The average molecular weight is 539 g/mol. The Morgan fingerprint density at radius 1 is 0.667 bits per heavy atom. The summed E-state index contributed by atoms with van der Waals surface area (Å²) in [5, 5.41) is 5.96. The first-order chi connectivity index (χ1) is 19.2. The zero-order valence-corrected chi connectivity index (χ0v) is 24.4. The monoisotopic (exact) mass is 538 g/mol. The van der Waals surface area contributed by atoms with E-state index in [0.29, 0.717) is 17.9 Å². The zero-order valence-electron chi connectivity index (χ0n) is 23.5. The Hall–Kier alpha value is -2.57. The van der Waals surface area contributed by atoms with Crippen molar-refractivity contribution in [3.05, 3.63) is 72.8 Å². The molecule has 3 heteroatoms. The van der Waals surface area contributed by atoms with Crippen LogP contribution in [-0.2, 0) is 4.57 Å². The Balaban J connectivity index is 1.67. The summed E-state index contributed by atoms with van der Waals surface area (Å²) < 4.78 is 22.6. The molecule has 2 aliphatic carbocycles. The first kappa shape index (κ1) is 26.6. The lowest BCUT2D eigenvalue weighted by Gasteiger charge is -2.39. The second-order valence-corrected chi connectivity index (χ2v) is 15.2. The fourth-order valence-corrected chi connectivity index (χ4v) is 11.9. The van der Waals surface area contributed by atoms with Crippen LogP contribution in [0, 0.1) is 0 Å². The van der Waals surface area contributed by atoms with E-state index in [4.69, 9.17) is 4.74 Å². The molecule has 0 aliphatic heterocycles. The van der Waals surface area contributed by atoms with Crippen LogP contribution in [0.1, 0.15) is 84.0 Å². The lowest BCUT2D eigenvalue weighted by Crippen LogP contribution is -2.30. The minimum atomic E-state index is -2.72. The van der Waals surface area contributed by atoms with Crippen molar-refractivity contribution >= 4 is 34.0 Å². The highest BCUT2D eigenvalue weighted by atomic mass is 31.2. The van der Waals surface area contributed by atoms with Gasteiger partial charge in [0.2, 0.25) is 0 Å². The molecule has 0 radical (unpaired) electrons. The van der Waals surface area contributed by atoms with Crippen LogP contribution >= 0.6 is 7.14 Å². The highest BCUT2D eigenvalue weighted by Gasteiger charge is 2.44. The summed E-state index contributed by atoms with van der Waals surface area (Å²) in [4.78, 5) is 0. The summed E-state index contributed by atoms with van der Waals surface area (Å²) in [6.07, 6.45) is 14.0. The normalized spacial score (nSPS) is 17.6. The van der Waals surface area contributed by atoms with Gasteiger partial charge in [-0.25, -0.2) is 0 Å². The van der Waals surface area contributed by atoms with Crippen LogP contribution in [0.5, 0.6) is 5.75 Å². The van der Waals surface area contributed by atoms with Gasteiger partial charge in [0.05, 0.1) is 6.61 Å². The molecular weight excluding hydrogens is 495 g/mol. The van der Waals surface area contributed by atoms with Crippen LogP contribution in [0.25, 0.3) is 32.7 Å². The summed E-state index contributed by atoms with van der Waals surface area (Å²) in [6.45, 7) is 2.91. The van der Waals surface area contributed by atoms with Crippen LogP contribution in [0.3, 0.4) is 0 Å². The lowest BCUT2D eigenvalue weighted by atomic mass is 9.93. The zero-order chi connectivity index (χ0) is 26.7. The van der Waals surface area contributed by atoms with E-state index in [2.05, 4.69) is 79.7 Å². The number of rotatable bonds is 8. The quantitative estimate of drug-likeness (QED) is 0.165. The fourth-order valence-electron chi connectivity index (χ4n) is 7.39. The second kappa shape index (κ2) is 11.9. The standard InChI is InChI=1S/C36H43O2P/c1-2-3-26-38-33-24-22-27-14-10-12-20-31(27)35(33)36-32-21-13-11-15-28(32)23-25-34(36)39(37,29-16-6-4-7-17-29)30-18-8-5-9-19-30/h10-15,20-25,29-30H,2-9,16-19,26H2,1H3. The number of hydrogen-bond acceptors (Lipinski definition) is 2. The SMILES string of the molecule is CCCCOc1ccc2ccccc2c1-c1c(P(=O)(C2CCCCC2)C2CCCCC2)ccc2ccccc12. The second-order valence-electron chi connectivity index (χ2n) is 11.8. The Labute approximate surface area is 234 Å². The molecule has 2 fully saturated rings. The number of hydrogen-bond donors (Lipinski definition) is 0. The molecule has 0 atom stereocenters. The van der Waals surface area contributed by atoms with Crippen LogP contribution in [0.4, 0.5) is 0 Å². The maximum Gasteiger partial charge on any atom is 0.127 e. The van der Waals surface area contributed by atoms with Crippen molar-refractivity contribution in [1.29, 1.82) is 0 Å². The van der Waals surface area contributed by atoms with E-state index in [1.807, 2.05) is 0 Å². The molecule has 2 nitrogen and oxygen atoms in total. The molecule has 4 aromatic carbocycles. The van der Waals surface area contributed by atoms with E-state index >= 15 is 4.57 Å². The first-order valence-corrected chi connectivity index (χ1v) is 17.3. The van der Waals surface area contributed by atoms with Gasteiger partial charge in [0.1, 0.15) is 12.9 Å². The molecule has 0 amide bonds. The third-order valence-electron chi connectivity index (χ3n) is 9.41. The van der Waals surface area contributed by atoms with Gasteiger partial charge in [0.15, 0.2) is 0 Å². The van der Waals surface area contributed by atoms with Crippen molar-refractivity contribution in [1.82, 2.24) is 0 Å². The van der Waals surface area contributed by atoms with Gasteiger partial charge in [-0.05, 0) is 59.7 Å². The predicted octanol–water partition coefficient (Wildman–Crippen LogP) is 10.5. The predicted molar refractivity (Wildman–Crippen MR) is 168 cm³/mol. The molecule has 2 aliphatic rings. The summed E-state index contributed by atoms with van der Waals surface area (Å²) in [5.74, 6) is 0.929. The Bertz CT molecular complexity index is 1450. The van der Waals surface area contributed by atoms with Gasteiger partial charge >= 0.3 is 0 Å². The molecule has 0 saturated heterocycles. The lowest BCUT2D eigenvalue weighted by molar-refractivity contribution is 0.311. The molecule has 0 spiro atoms. The van der Waals surface area contributed by atoms with Crippen molar-refractivity contribution in [2.75, 3.05) is 6.61 Å². The fraction of sp³-hybridized carbons (Fsp3) is 0.444. The molecule has 0 bridgehead atoms. The van der Waals surface area contributed by atoms with Crippen LogP contribution in [0.2, 0.25) is 0 Å². The molecule has 0 heterocycles. The smallest absolute Gasteiger partial charge is 0.127 e. The summed E-state index contributed by atoms with van der Waals surface area (Å²) >= 11 is 0. The van der Waals surface area contributed by atoms with E-state index in [1.54, 1.807) is 0 Å². The van der Waals surface area contributed by atoms with E-state index in [1.165, 1.54) is 65.6 Å². The van der Waals surface area contributed by atoms with Gasteiger partial charge in [0, 0.05) is 27.7 Å². The van der Waals surface area contributed by atoms with Gasteiger partial charge in [0.25, 0.3) is 0 Å². The summed E-state index contributed by atoms with van der Waals surface area (Å²) in [7, 11) is -2.72. The summed E-state index contributed by atoms with van der Waals surface area (Å²) in [5.41, 5.74) is 2.92. The number of benzene rings is 4. The number of fused-ring (bicyclic) bond motifs is 2. The highest BCUT2D eigenvalue weighted by molar-refractivity contribution is 7.73. The van der Waals surface area contributed by atoms with Gasteiger partial charge < -0.3 is 9.30 Å². The van der Waals surface area contributed by atoms with E-state index in [-0.39, 0.29) is 0 Å². The van der Waals surface area contributed by atoms with E-state index in [9.17, 15) is 0 Å². The largest absolute Gasteiger partial charge is 0.493 e. The van der Waals surface area contributed by atoms with Crippen molar-refractivity contribution in [3.8, 4) is 16.9 Å². The molecule has 204 valence electrons. The molecular formula is C36H43O2P. The van der Waals surface area contributed by atoms with Crippen LogP contribution in [-0.4, -0.2) is 17.9 Å². The van der Waals surface area contributed by atoms with Gasteiger partial charge in [-0.2, -0.15) is 0 Å².